The summed E-state index contributed by atoms with van der Waals surface area (Å²) in [6.45, 7) is 0.378. The van der Waals surface area contributed by atoms with Gasteiger partial charge in [-0.15, -0.1) is 9.24 Å². The second-order valence-corrected chi connectivity index (χ2v) is 9.07. The molecule has 1 atom stereocenters. The third-order valence-electron chi connectivity index (χ3n) is 6.42. The molecule has 1 aliphatic rings. The molecule has 0 aliphatic heterocycles. The predicted molar refractivity (Wildman–Crippen MR) is 129 cm³/mol. The summed E-state index contributed by atoms with van der Waals surface area (Å²) >= 11 is 0. The van der Waals surface area contributed by atoms with Crippen LogP contribution in [0.2, 0.25) is 0 Å². The average Bonchev–Trinajstić information content (AvgIpc) is 2.80. The van der Waals surface area contributed by atoms with Gasteiger partial charge in [0, 0.05) is 7.11 Å². The van der Waals surface area contributed by atoms with E-state index in [1.54, 1.807) is 7.11 Å². The van der Waals surface area contributed by atoms with Gasteiger partial charge in [0.1, 0.15) is 5.82 Å². The van der Waals surface area contributed by atoms with Crippen molar-refractivity contribution >= 4 is 14.5 Å². The van der Waals surface area contributed by atoms with Gasteiger partial charge in [0.25, 0.3) is 0 Å². The van der Waals surface area contributed by atoms with Gasteiger partial charge in [-0.2, -0.15) is 0 Å². The zero-order chi connectivity index (χ0) is 21.8. The molecule has 1 N–H and O–H groups in total. The number of aliphatic hydroxyl groups is 1. The lowest BCUT2D eigenvalue weighted by Crippen LogP contribution is -2.12. The van der Waals surface area contributed by atoms with Crippen LogP contribution in [0.3, 0.4) is 0 Å². The Balaban J connectivity index is 2.01. The van der Waals surface area contributed by atoms with Crippen LogP contribution in [0.15, 0.2) is 54.6 Å². The van der Waals surface area contributed by atoms with E-state index in [1.165, 1.54) is 49.8 Å². The van der Waals surface area contributed by atoms with Gasteiger partial charge in [0.15, 0.2) is 0 Å². The van der Waals surface area contributed by atoms with Crippen LogP contribution in [0.5, 0.6) is 0 Å². The van der Waals surface area contributed by atoms with Gasteiger partial charge < -0.3 is 9.84 Å². The van der Waals surface area contributed by atoms with Crippen LogP contribution in [0.25, 0.3) is 22.3 Å². The van der Waals surface area contributed by atoms with E-state index in [-0.39, 0.29) is 12.4 Å². The van der Waals surface area contributed by atoms with Crippen LogP contribution < -0.4 is 5.30 Å². The van der Waals surface area contributed by atoms with Crippen LogP contribution in [-0.2, 0) is 18.0 Å². The van der Waals surface area contributed by atoms with Crippen molar-refractivity contribution < 1.29 is 14.2 Å². The van der Waals surface area contributed by atoms with Gasteiger partial charge in [-0.25, -0.2) is 4.39 Å². The molecule has 0 amide bonds. The summed E-state index contributed by atoms with van der Waals surface area (Å²) in [7, 11) is 4.43. The molecule has 1 saturated carbocycles. The van der Waals surface area contributed by atoms with Gasteiger partial charge >= 0.3 is 0 Å². The zero-order valence-electron chi connectivity index (χ0n) is 18.0. The van der Waals surface area contributed by atoms with Crippen LogP contribution in [0.1, 0.15) is 54.7 Å². The highest BCUT2D eigenvalue weighted by molar-refractivity contribution is 7.27. The fourth-order valence-corrected chi connectivity index (χ4v) is 5.11. The Labute approximate surface area is 186 Å². The molecule has 0 radical (unpaired) electrons. The molecule has 1 unspecified atom stereocenters. The second kappa shape index (κ2) is 10.0. The molecule has 2 nitrogen and oxygen atoms in total. The highest BCUT2D eigenvalue weighted by Gasteiger charge is 2.25. The van der Waals surface area contributed by atoms with Crippen LogP contribution in [-0.4, -0.2) is 12.2 Å². The Kier molecular flexibility index (Phi) is 7.17. The van der Waals surface area contributed by atoms with E-state index in [0.717, 1.165) is 38.7 Å². The highest BCUT2D eigenvalue weighted by Crippen LogP contribution is 2.43. The van der Waals surface area contributed by atoms with Gasteiger partial charge in [-0.05, 0) is 75.1 Å². The van der Waals surface area contributed by atoms with Crippen molar-refractivity contribution in [2.24, 2.45) is 0 Å². The predicted octanol–water partition coefficient (Wildman–Crippen LogP) is 6.35. The molecule has 4 heteroatoms. The second-order valence-electron chi connectivity index (χ2n) is 8.40. The van der Waals surface area contributed by atoms with Crippen LogP contribution >= 0.6 is 9.24 Å². The first-order valence-electron chi connectivity index (χ1n) is 11.0. The Morgan fingerprint density at radius 1 is 0.935 bits per heavy atom. The van der Waals surface area contributed by atoms with Crippen LogP contribution in [0, 0.1) is 5.82 Å². The summed E-state index contributed by atoms with van der Waals surface area (Å²) in [6, 6.07) is 17.2. The van der Waals surface area contributed by atoms with Crippen molar-refractivity contribution in [1.82, 2.24) is 0 Å². The van der Waals surface area contributed by atoms with E-state index in [9.17, 15) is 9.50 Å². The van der Waals surface area contributed by atoms with E-state index in [1.807, 2.05) is 12.1 Å². The number of benzene rings is 3. The van der Waals surface area contributed by atoms with Crippen molar-refractivity contribution in [3.8, 4) is 22.3 Å². The van der Waals surface area contributed by atoms with Crippen molar-refractivity contribution in [3.63, 3.8) is 0 Å². The first-order chi connectivity index (χ1) is 15.1. The van der Waals surface area contributed by atoms with E-state index in [4.69, 9.17) is 4.74 Å². The lowest BCUT2D eigenvalue weighted by Gasteiger charge is -2.29. The van der Waals surface area contributed by atoms with Gasteiger partial charge in [-0.1, -0.05) is 61.7 Å². The van der Waals surface area contributed by atoms with Crippen molar-refractivity contribution in [2.75, 3.05) is 7.11 Å². The van der Waals surface area contributed by atoms with Gasteiger partial charge in [-0.3, -0.25) is 0 Å². The number of hydrogen-bond acceptors (Lipinski definition) is 2. The largest absolute Gasteiger partial charge is 0.392 e. The standard InChI is InChI=1S/C27H30FO2P/c1-30-17-26-24(18-5-3-2-4-6-18)15-23(19-9-13-22(31)14-10-19)25(16-29)27(26)20-7-11-21(28)12-8-20/h7-15,18,29H,2-6,16-17,31H2,1H3. The third kappa shape index (κ3) is 4.75. The summed E-state index contributed by atoms with van der Waals surface area (Å²) in [6.07, 6.45) is 6.10. The Hall–Kier alpha value is -2.06. The molecule has 0 aromatic heterocycles. The average molecular weight is 437 g/mol. The van der Waals surface area contributed by atoms with Gasteiger partial charge in [0.2, 0.25) is 0 Å². The number of hydrogen-bond donors (Lipinski definition) is 1. The maximum absolute atomic E-state index is 13.7. The molecule has 3 aromatic rings. The normalized spacial score (nSPS) is 14.7. The molecule has 0 bridgehead atoms. The minimum Gasteiger partial charge on any atom is -0.392 e. The molecule has 3 aromatic carbocycles. The van der Waals surface area contributed by atoms with Crippen molar-refractivity contribution in [3.05, 3.63) is 77.1 Å². The molecule has 162 valence electrons. The first kappa shape index (κ1) is 22.1. The van der Waals surface area contributed by atoms with E-state index < -0.39 is 0 Å². The monoisotopic (exact) mass is 436 g/mol. The highest BCUT2D eigenvalue weighted by atomic mass is 31.0. The molecule has 0 heterocycles. The number of methoxy groups -OCH3 is 1. The topological polar surface area (TPSA) is 29.5 Å². The van der Waals surface area contributed by atoms with Crippen molar-refractivity contribution in [2.45, 2.75) is 51.2 Å². The zero-order valence-corrected chi connectivity index (χ0v) is 19.2. The Morgan fingerprint density at radius 2 is 1.58 bits per heavy atom. The van der Waals surface area contributed by atoms with E-state index in [2.05, 4.69) is 39.6 Å². The van der Waals surface area contributed by atoms with E-state index >= 15 is 0 Å². The quantitative estimate of drug-likeness (QED) is 0.457. The Morgan fingerprint density at radius 3 is 2.19 bits per heavy atom. The fourth-order valence-electron chi connectivity index (χ4n) is 4.92. The summed E-state index contributed by atoms with van der Waals surface area (Å²) in [5, 5.41) is 11.6. The molecule has 4 rings (SSSR count). The summed E-state index contributed by atoms with van der Waals surface area (Å²) in [5.41, 5.74) is 7.33. The number of aliphatic hydroxyl groups excluding tert-OH is 1. The van der Waals surface area contributed by atoms with Gasteiger partial charge in [0.05, 0.1) is 13.2 Å². The van der Waals surface area contributed by atoms with Crippen LogP contribution in [0.4, 0.5) is 4.39 Å². The number of halogens is 1. The first-order valence-corrected chi connectivity index (χ1v) is 11.6. The summed E-state index contributed by atoms with van der Waals surface area (Å²) in [5.74, 6) is 0.216. The van der Waals surface area contributed by atoms with E-state index in [0.29, 0.717) is 12.5 Å². The lowest BCUT2D eigenvalue weighted by molar-refractivity contribution is 0.183. The Bertz CT molecular complexity index is 1020. The smallest absolute Gasteiger partial charge is 0.123 e. The maximum Gasteiger partial charge on any atom is 0.123 e. The minimum absolute atomic E-state index is 0.0909. The van der Waals surface area contributed by atoms with Crippen molar-refractivity contribution in [1.29, 1.82) is 0 Å². The molecule has 1 aliphatic carbocycles. The molecule has 0 saturated heterocycles. The molecule has 0 spiro atoms. The molecular weight excluding hydrogens is 406 g/mol. The lowest BCUT2D eigenvalue weighted by atomic mass is 9.77. The molecular formula is C27H30FO2P. The molecule has 1 fully saturated rings. The minimum atomic E-state index is -0.262. The molecule has 31 heavy (non-hydrogen) atoms. The maximum atomic E-state index is 13.7. The number of ether oxygens (including phenoxy) is 1. The summed E-state index contributed by atoms with van der Waals surface area (Å²) in [4.78, 5) is 0. The summed E-state index contributed by atoms with van der Waals surface area (Å²) < 4.78 is 19.4. The SMILES string of the molecule is COCc1c(C2CCCCC2)cc(-c2ccc(P)cc2)c(CO)c1-c1ccc(F)cc1. The third-order valence-corrected chi connectivity index (χ3v) is 6.81. The number of rotatable bonds is 6. The fraction of sp³-hybridized carbons (Fsp3) is 0.333.